The maximum absolute atomic E-state index is 12.9. The van der Waals surface area contributed by atoms with Gasteiger partial charge in [-0.3, -0.25) is 0 Å². The smallest absolute Gasteiger partial charge is 0.387 e. The van der Waals surface area contributed by atoms with Gasteiger partial charge in [0.15, 0.2) is 9.84 Å². The number of ether oxygens (including phenoxy) is 2. The Hall–Kier alpha value is -3.97. The first-order chi connectivity index (χ1) is 16.2. The van der Waals surface area contributed by atoms with Crippen molar-refractivity contribution >= 4 is 20.9 Å². The zero-order valence-corrected chi connectivity index (χ0v) is 18.8. The molecule has 4 aromatic rings. The molecule has 0 amide bonds. The summed E-state index contributed by atoms with van der Waals surface area (Å²) in [6.45, 7) is -2.87. The number of aromatic nitrogens is 2. The Morgan fingerprint density at radius 3 is 2.62 bits per heavy atom. The number of hydrogen-bond donors (Lipinski definition) is 0. The zero-order chi connectivity index (χ0) is 24.3. The van der Waals surface area contributed by atoms with E-state index in [1.807, 2.05) is 0 Å². The van der Waals surface area contributed by atoms with Crippen molar-refractivity contribution in [3.63, 3.8) is 0 Å². The van der Waals surface area contributed by atoms with Gasteiger partial charge in [0.2, 0.25) is 0 Å². The normalized spacial score (nSPS) is 11.5. The van der Waals surface area contributed by atoms with Crippen LogP contribution in [-0.2, 0) is 23.0 Å². The molecule has 7 nitrogen and oxygen atoms in total. The Bertz CT molecular complexity index is 1490. The third-order valence-electron chi connectivity index (χ3n) is 5.08. The lowest BCUT2D eigenvalue weighted by atomic mass is 10.2. The molecule has 0 saturated heterocycles. The molecule has 1 heterocycles. The highest BCUT2D eigenvalue weighted by atomic mass is 32.2. The SMILES string of the molecule is CS(=O)(=O)c1cccc(OCc2nc3ccc(C#N)cc3n2Cc2ccccc2OC(F)F)c1. The van der Waals surface area contributed by atoms with Crippen LogP contribution in [0.2, 0.25) is 0 Å². The van der Waals surface area contributed by atoms with Crippen LogP contribution in [0.25, 0.3) is 11.0 Å². The quantitative estimate of drug-likeness (QED) is 0.365. The molecular formula is C24H19F2N3O4S. The maximum Gasteiger partial charge on any atom is 0.387 e. The summed E-state index contributed by atoms with van der Waals surface area (Å²) in [6, 6.07) is 19.6. The lowest BCUT2D eigenvalue weighted by Crippen LogP contribution is -2.11. The van der Waals surface area contributed by atoms with Crippen LogP contribution in [0.4, 0.5) is 8.78 Å². The van der Waals surface area contributed by atoms with Crippen LogP contribution >= 0.6 is 0 Å². The maximum atomic E-state index is 12.9. The van der Waals surface area contributed by atoms with E-state index in [0.29, 0.717) is 33.7 Å². The molecule has 0 aliphatic heterocycles. The molecule has 0 N–H and O–H groups in total. The van der Waals surface area contributed by atoms with Crippen molar-refractivity contribution in [2.24, 2.45) is 0 Å². The summed E-state index contributed by atoms with van der Waals surface area (Å²) in [4.78, 5) is 4.70. The molecule has 174 valence electrons. The van der Waals surface area contributed by atoms with Crippen molar-refractivity contribution in [3.8, 4) is 17.6 Å². The van der Waals surface area contributed by atoms with Gasteiger partial charge in [0, 0.05) is 11.8 Å². The molecule has 0 spiro atoms. The van der Waals surface area contributed by atoms with Crippen LogP contribution in [0.15, 0.2) is 71.6 Å². The minimum atomic E-state index is -3.41. The minimum Gasteiger partial charge on any atom is -0.486 e. The zero-order valence-electron chi connectivity index (χ0n) is 18.0. The highest BCUT2D eigenvalue weighted by Crippen LogP contribution is 2.26. The molecule has 0 saturated carbocycles. The largest absolute Gasteiger partial charge is 0.486 e. The first kappa shape index (κ1) is 23.2. The molecule has 0 fully saturated rings. The van der Waals surface area contributed by atoms with Gasteiger partial charge in [-0.15, -0.1) is 0 Å². The van der Waals surface area contributed by atoms with Crippen molar-refractivity contribution < 1.29 is 26.7 Å². The number of sulfone groups is 1. The second-order valence-corrected chi connectivity index (χ2v) is 9.47. The van der Waals surface area contributed by atoms with Gasteiger partial charge < -0.3 is 14.0 Å². The van der Waals surface area contributed by atoms with Crippen molar-refractivity contribution in [1.29, 1.82) is 5.26 Å². The first-order valence-corrected chi connectivity index (χ1v) is 12.0. The number of rotatable bonds is 8. The van der Waals surface area contributed by atoms with E-state index in [0.717, 1.165) is 6.26 Å². The number of imidazole rings is 1. The van der Waals surface area contributed by atoms with Gasteiger partial charge in [-0.2, -0.15) is 14.0 Å². The highest BCUT2D eigenvalue weighted by molar-refractivity contribution is 7.90. The van der Waals surface area contributed by atoms with E-state index in [1.54, 1.807) is 53.1 Å². The second kappa shape index (κ2) is 9.49. The summed E-state index contributed by atoms with van der Waals surface area (Å²) in [5.41, 5.74) is 2.12. The van der Waals surface area contributed by atoms with Gasteiger partial charge in [0.1, 0.15) is 23.9 Å². The first-order valence-electron chi connectivity index (χ1n) is 10.1. The lowest BCUT2D eigenvalue weighted by molar-refractivity contribution is -0.0504. The summed E-state index contributed by atoms with van der Waals surface area (Å²) in [5.74, 6) is 0.825. The summed E-state index contributed by atoms with van der Waals surface area (Å²) in [7, 11) is -3.41. The average Bonchev–Trinajstić information content (AvgIpc) is 3.14. The van der Waals surface area contributed by atoms with E-state index in [-0.39, 0.29) is 23.8 Å². The van der Waals surface area contributed by atoms with Crippen LogP contribution in [0.1, 0.15) is 17.0 Å². The van der Waals surface area contributed by atoms with Gasteiger partial charge >= 0.3 is 6.61 Å². The number of benzene rings is 3. The fourth-order valence-electron chi connectivity index (χ4n) is 3.49. The number of fused-ring (bicyclic) bond motifs is 1. The number of alkyl halides is 2. The van der Waals surface area contributed by atoms with Crippen LogP contribution in [0.5, 0.6) is 11.5 Å². The lowest BCUT2D eigenvalue weighted by Gasteiger charge is -2.14. The van der Waals surface area contributed by atoms with Crippen molar-refractivity contribution in [2.75, 3.05) is 6.26 Å². The Balaban J connectivity index is 1.72. The molecule has 3 aromatic carbocycles. The van der Waals surface area contributed by atoms with E-state index in [9.17, 15) is 22.5 Å². The molecule has 0 bridgehead atoms. The summed E-state index contributed by atoms with van der Waals surface area (Å²) in [6.07, 6.45) is 1.11. The van der Waals surface area contributed by atoms with Crippen LogP contribution in [0, 0.1) is 11.3 Å². The van der Waals surface area contributed by atoms with Crippen molar-refractivity contribution in [1.82, 2.24) is 9.55 Å². The molecule has 0 atom stereocenters. The van der Waals surface area contributed by atoms with Crippen LogP contribution in [-0.4, -0.2) is 30.8 Å². The van der Waals surface area contributed by atoms with Crippen LogP contribution < -0.4 is 9.47 Å². The predicted molar refractivity (Wildman–Crippen MR) is 121 cm³/mol. The Morgan fingerprint density at radius 1 is 1.09 bits per heavy atom. The molecule has 0 aliphatic rings. The van der Waals surface area contributed by atoms with Gasteiger partial charge in [-0.25, -0.2) is 13.4 Å². The molecule has 4 rings (SSSR count). The highest BCUT2D eigenvalue weighted by Gasteiger charge is 2.16. The monoisotopic (exact) mass is 483 g/mol. The standard InChI is InChI=1S/C24H19F2N3O4S/c1-34(30,31)19-7-4-6-18(12-19)32-15-23-28-20-10-9-16(13-27)11-21(20)29(23)14-17-5-2-3-8-22(17)33-24(25)26/h2-12,24H,14-15H2,1H3. The second-order valence-electron chi connectivity index (χ2n) is 7.45. The van der Waals surface area contributed by atoms with E-state index < -0.39 is 16.4 Å². The van der Waals surface area contributed by atoms with Gasteiger partial charge in [-0.1, -0.05) is 24.3 Å². The third kappa shape index (κ3) is 5.15. The molecular weight excluding hydrogens is 464 g/mol. The summed E-state index contributed by atoms with van der Waals surface area (Å²) < 4.78 is 61.7. The molecule has 0 aliphatic carbocycles. The van der Waals surface area contributed by atoms with Gasteiger partial charge in [0.05, 0.1) is 34.1 Å². The fourth-order valence-corrected chi connectivity index (χ4v) is 4.14. The number of nitriles is 1. The van der Waals surface area contributed by atoms with Gasteiger partial charge in [-0.05, 0) is 42.5 Å². The molecule has 0 radical (unpaired) electrons. The van der Waals surface area contributed by atoms with E-state index in [1.165, 1.54) is 18.2 Å². The van der Waals surface area contributed by atoms with Crippen molar-refractivity contribution in [2.45, 2.75) is 24.7 Å². The van der Waals surface area contributed by atoms with E-state index in [4.69, 9.17) is 4.74 Å². The molecule has 34 heavy (non-hydrogen) atoms. The topological polar surface area (TPSA) is 94.2 Å². The van der Waals surface area contributed by atoms with Crippen LogP contribution in [0.3, 0.4) is 0 Å². The van der Waals surface area contributed by atoms with E-state index in [2.05, 4.69) is 15.8 Å². The summed E-state index contributed by atoms with van der Waals surface area (Å²) >= 11 is 0. The Morgan fingerprint density at radius 2 is 1.88 bits per heavy atom. The Labute approximate surface area is 194 Å². The summed E-state index contributed by atoms with van der Waals surface area (Å²) in [5, 5.41) is 9.31. The number of nitrogens with zero attached hydrogens (tertiary/aromatic N) is 3. The third-order valence-corrected chi connectivity index (χ3v) is 6.19. The Kier molecular flexibility index (Phi) is 6.47. The molecule has 10 heteroatoms. The minimum absolute atomic E-state index is 0.0261. The molecule has 1 aromatic heterocycles. The molecule has 0 unspecified atom stereocenters. The predicted octanol–water partition coefficient (Wildman–Crippen LogP) is 4.54. The number of hydrogen-bond acceptors (Lipinski definition) is 6. The van der Waals surface area contributed by atoms with E-state index >= 15 is 0 Å². The fraction of sp³-hybridized carbons (Fsp3) is 0.167. The average molecular weight is 483 g/mol. The number of para-hydroxylation sites is 1. The number of halogens is 2. The van der Waals surface area contributed by atoms with Gasteiger partial charge in [0.25, 0.3) is 0 Å². The van der Waals surface area contributed by atoms with Crippen molar-refractivity contribution in [3.05, 3.63) is 83.7 Å².